The van der Waals surface area contributed by atoms with Gasteiger partial charge in [0, 0.05) is 13.5 Å². The van der Waals surface area contributed by atoms with Crippen molar-refractivity contribution < 1.29 is 14.3 Å². The summed E-state index contributed by atoms with van der Waals surface area (Å²) in [6.07, 6.45) is 1.26. The molecule has 1 fully saturated rings. The van der Waals surface area contributed by atoms with Crippen molar-refractivity contribution >= 4 is 5.91 Å². The summed E-state index contributed by atoms with van der Waals surface area (Å²) in [5.41, 5.74) is 0. The fourth-order valence-electron chi connectivity index (χ4n) is 1.25. The van der Waals surface area contributed by atoms with Gasteiger partial charge >= 0.3 is 0 Å². The summed E-state index contributed by atoms with van der Waals surface area (Å²) in [4.78, 5) is 13.1. The van der Waals surface area contributed by atoms with Gasteiger partial charge in [-0.2, -0.15) is 0 Å². The number of ether oxygens (including phenoxy) is 2. The zero-order valence-electron chi connectivity index (χ0n) is 8.28. The fourth-order valence-corrected chi connectivity index (χ4v) is 1.25. The van der Waals surface area contributed by atoms with E-state index in [2.05, 4.69) is 0 Å². The summed E-state index contributed by atoms with van der Waals surface area (Å²) in [5, 5.41) is 0. The first-order chi connectivity index (χ1) is 6.25. The summed E-state index contributed by atoms with van der Waals surface area (Å²) in [6.45, 7) is 3.69. The molecule has 0 saturated carbocycles. The molecule has 0 N–H and O–H groups in total. The van der Waals surface area contributed by atoms with E-state index in [1.165, 1.54) is 0 Å². The first kappa shape index (κ1) is 10.5. The van der Waals surface area contributed by atoms with E-state index >= 15 is 0 Å². The summed E-state index contributed by atoms with van der Waals surface area (Å²) in [6, 6.07) is 0. The van der Waals surface area contributed by atoms with E-state index in [9.17, 15) is 4.79 Å². The Hall–Kier alpha value is -0.610. The standard InChI is InChI=1S/C9H17NO3/c1-3-4-8(11)10(2)9-7-12-5-6-13-9/h9H,3-7H2,1-2H3. The van der Waals surface area contributed by atoms with E-state index in [0.717, 1.165) is 6.42 Å². The van der Waals surface area contributed by atoms with Crippen LogP contribution in [0.1, 0.15) is 19.8 Å². The van der Waals surface area contributed by atoms with Crippen LogP contribution in [0.5, 0.6) is 0 Å². The number of hydrogen-bond acceptors (Lipinski definition) is 3. The van der Waals surface area contributed by atoms with Crippen molar-refractivity contribution in [2.45, 2.75) is 26.0 Å². The minimum absolute atomic E-state index is 0.123. The Morgan fingerprint density at radius 1 is 1.54 bits per heavy atom. The number of amides is 1. The Morgan fingerprint density at radius 2 is 2.31 bits per heavy atom. The lowest BCUT2D eigenvalue weighted by Gasteiger charge is -2.31. The number of rotatable bonds is 3. The largest absolute Gasteiger partial charge is 0.374 e. The average molecular weight is 187 g/mol. The molecule has 0 aliphatic carbocycles. The summed E-state index contributed by atoms with van der Waals surface area (Å²) >= 11 is 0. The van der Waals surface area contributed by atoms with Crippen LogP contribution >= 0.6 is 0 Å². The molecule has 1 atom stereocenters. The molecule has 13 heavy (non-hydrogen) atoms. The third kappa shape index (κ3) is 2.97. The Labute approximate surface area is 78.8 Å². The second-order valence-electron chi connectivity index (χ2n) is 3.15. The number of carbonyl (C=O) groups is 1. The number of hydrogen-bond donors (Lipinski definition) is 0. The Bertz CT molecular complexity index is 166. The van der Waals surface area contributed by atoms with Crippen molar-refractivity contribution in [3.05, 3.63) is 0 Å². The molecule has 0 bridgehead atoms. The van der Waals surface area contributed by atoms with Crippen LogP contribution in [0.15, 0.2) is 0 Å². The average Bonchev–Trinajstić information content (AvgIpc) is 2.18. The molecule has 1 heterocycles. The molecule has 0 radical (unpaired) electrons. The lowest BCUT2D eigenvalue weighted by Crippen LogP contribution is -2.44. The van der Waals surface area contributed by atoms with Gasteiger partial charge in [0.1, 0.15) is 0 Å². The van der Waals surface area contributed by atoms with Crippen LogP contribution in [0.2, 0.25) is 0 Å². The van der Waals surface area contributed by atoms with Gasteiger partial charge in [0.15, 0.2) is 6.23 Å². The third-order valence-electron chi connectivity index (χ3n) is 2.09. The molecule has 4 nitrogen and oxygen atoms in total. The minimum Gasteiger partial charge on any atom is -0.374 e. The number of likely N-dealkylation sites (N-methyl/N-ethyl adjacent to an activating group) is 1. The van der Waals surface area contributed by atoms with Crippen LogP contribution in [0.25, 0.3) is 0 Å². The predicted molar refractivity (Wildman–Crippen MR) is 48.2 cm³/mol. The molecule has 0 aromatic heterocycles. The molecular formula is C9H17NO3. The van der Waals surface area contributed by atoms with Gasteiger partial charge in [-0.3, -0.25) is 4.79 Å². The van der Waals surface area contributed by atoms with Gasteiger partial charge < -0.3 is 14.4 Å². The van der Waals surface area contributed by atoms with Crippen molar-refractivity contribution in [2.24, 2.45) is 0 Å². The van der Waals surface area contributed by atoms with E-state index in [1.54, 1.807) is 11.9 Å². The number of carbonyl (C=O) groups excluding carboxylic acids is 1. The quantitative estimate of drug-likeness (QED) is 0.650. The summed E-state index contributed by atoms with van der Waals surface area (Å²) in [7, 11) is 1.76. The molecule has 1 aliphatic heterocycles. The van der Waals surface area contributed by atoms with Crippen LogP contribution < -0.4 is 0 Å². The first-order valence-electron chi connectivity index (χ1n) is 4.70. The Morgan fingerprint density at radius 3 is 2.85 bits per heavy atom. The highest BCUT2D eigenvalue weighted by Crippen LogP contribution is 2.07. The molecule has 0 aromatic carbocycles. The van der Waals surface area contributed by atoms with Gasteiger partial charge in [-0.15, -0.1) is 0 Å². The van der Waals surface area contributed by atoms with Crippen LogP contribution in [0.4, 0.5) is 0 Å². The smallest absolute Gasteiger partial charge is 0.224 e. The monoisotopic (exact) mass is 187 g/mol. The highest BCUT2D eigenvalue weighted by Gasteiger charge is 2.22. The molecule has 1 rings (SSSR count). The van der Waals surface area contributed by atoms with Crippen LogP contribution in [0.3, 0.4) is 0 Å². The predicted octanol–water partition coefficient (Wildman–Crippen LogP) is 0.618. The van der Waals surface area contributed by atoms with E-state index in [0.29, 0.717) is 26.2 Å². The number of nitrogens with zero attached hydrogens (tertiary/aromatic N) is 1. The minimum atomic E-state index is -0.187. The zero-order valence-corrected chi connectivity index (χ0v) is 8.28. The third-order valence-corrected chi connectivity index (χ3v) is 2.09. The van der Waals surface area contributed by atoms with Crippen molar-refractivity contribution in [1.29, 1.82) is 0 Å². The van der Waals surface area contributed by atoms with Gasteiger partial charge in [0.2, 0.25) is 5.91 Å². The van der Waals surface area contributed by atoms with Crippen LogP contribution in [0, 0.1) is 0 Å². The molecule has 1 saturated heterocycles. The fraction of sp³-hybridized carbons (Fsp3) is 0.889. The van der Waals surface area contributed by atoms with Crippen molar-refractivity contribution in [2.75, 3.05) is 26.9 Å². The molecule has 0 aromatic rings. The van der Waals surface area contributed by atoms with E-state index in [-0.39, 0.29) is 12.1 Å². The second-order valence-corrected chi connectivity index (χ2v) is 3.15. The van der Waals surface area contributed by atoms with E-state index in [4.69, 9.17) is 9.47 Å². The molecule has 0 spiro atoms. The van der Waals surface area contributed by atoms with Crippen LogP contribution in [-0.2, 0) is 14.3 Å². The molecule has 76 valence electrons. The highest BCUT2D eigenvalue weighted by atomic mass is 16.6. The van der Waals surface area contributed by atoms with Gasteiger partial charge in [-0.25, -0.2) is 0 Å². The Balaban J connectivity index is 2.35. The van der Waals surface area contributed by atoms with Gasteiger partial charge in [0.05, 0.1) is 19.8 Å². The maximum Gasteiger partial charge on any atom is 0.224 e. The van der Waals surface area contributed by atoms with Crippen molar-refractivity contribution in [1.82, 2.24) is 4.90 Å². The highest BCUT2D eigenvalue weighted by molar-refractivity contribution is 5.75. The summed E-state index contributed by atoms with van der Waals surface area (Å²) < 4.78 is 10.6. The zero-order chi connectivity index (χ0) is 9.68. The van der Waals surface area contributed by atoms with Crippen LogP contribution in [-0.4, -0.2) is 43.9 Å². The summed E-state index contributed by atoms with van der Waals surface area (Å²) in [5.74, 6) is 0.123. The normalized spacial score (nSPS) is 22.8. The first-order valence-corrected chi connectivity index (χ1v) is 4.70. The SMILES string of the molecule is CCCC(=O)N(C)C1COCCO1. The van der Waals surface area contributed by atoms with Gasteiger partial charge in [0.25, 0.3) is 0 Å². The molecule has 4 heteroatoms. The van der Waals surface area contributed by atoms with Crippen molar-refractivity contribution in [3.63, 3.8) is 0 Å². The van der Waals surface area contributed by atoms with Gasteiger partial charge in [-0.1, -0.05) is 6.92 Å². The lowest BCUT2D eigenvalue weighted by molar-refractivity contribution is -0.167. The van der Waals surface area contributed by atoms with Crippen molar-refractivity contribution in [3.8, 4) is 0 Å². The second kappa shape index (κ2) is 5.19. The Kier molecular flexibility index (Phi) is 4.18. The molecule has 1 aliphatic rings. The maximum absolute atomic E-state index is 11.4. The molecule has 1 amide bonds. The molecule has 1 unspecified atom stereocenters. The van der Waals surface area contributed by atoms with E-state index in [1.807, 2.05) is 6.92 Å². The topological polar surface area (TPSA) is 38.8 Å². The molecular weight excluding hydrogens is 170 g/mol. The van der Waals surface area contributed by atoms with Gasteiger partial charge in [-0.05, 0) is 6.42 Å². The maximum atomic E-state index is 11.4. The van der Waals surface area contributed by atoms with E-state index < -0.39 is 0 Å². The lowest BCUT2D eigenvalue weighted by atomic mass is 10.3.